The Kier molecular flexibility index (Phi) is 8.41. The van der Waals surface area contributed by atoms with Crippen LogP contribution in [0.4, 0.5) is 0 Å². The molecule has 8 heteroatoms. The highest BCUT2D eigenvalue weighted by Gasteiger charge is 2.52. The molecule has 1 fully saturated rings. The lowest BCUT2D eigenvalue weighted by atomic mass is 9.67. The van der Waals surface area contributed by atoms with Gasteiger partial charge in [-0.15, -0.1) is 0 Å². The van der Waals surface area contributed by atoms with Gasteiger partial charge < -0.3 is 14.7 Å². The number of carboxylic acids is 1. The van der Waals surface area contributed by atoms with Gasteiger partial charge in [-0.2, -0.15) is 0 Å². The van der Waals surface area contributed by atoms with E-state index < -0.39 is 35.0 Å². The number of ether oxygens (including phenoxy) is 1. The molecule has 1 N–H and O–H groups in total. The average Bonchev–Trinajstić information content (AvgIpc) is 2.74. The van der Waals surface area contributed by atoms with Gasteiger partial charge in [-0.1, -0.05) is 54.4 Å². The van der Waals surface area contributed by atoms with Gasteiger partial charge in [-0.05, 0) is 69.5 Å². The van der Waals surface area contributed by atoms with Crippen LogP contribution in [0, 0.1) is 5.41 Å². The number of carboxylic acid groups (broad SMARTS) is 1. The number of likely N-dealkylation sites (tertiary alicyclic amines) is 1. The van der Waals surface area contributed by atoms with Gasteiger partial charge in [0.05, 0.1) is 24.3 Å². The van der Waals surface area contributed by atoms with Gasteiger partial charge in [0.1, 0.15) is 5.60 Å². The van der Waals surface area contributed by atoms with Crippen LogP contribution in [0.2, 0.25) is 10.0 Å². The monoisotopic (exact) mass is 533 g/mol. The third-order valence-corrected chi connectivity index (χ3v) is 6.98. The summed E-state index contributed by atoms with van der Waals surface area (Å²) in [5, 5.41) is 10.8. The van der Waals surface area contributed by atoms with E-state index in [-0.39, 0.29) is 24.7 Å². The Labute approximate surface area is 222 Å². The van der Waals surface area contributed by atoms with Crippen molar-refractivity contribution in [2.45, 2.75) is 77.5 Å². The summed E-state index contributed by atoms with van der Waals surface area (Å²) in [6.07, 6.45) is -0.0498. The molecule has 1 saturated heterocycles. The van der Waals surface area contributed by atoms with Crippen molar-refractivity contribution in [2.24, 2.45) is 5.41 Å². The van der Waals surface area contributed by atoms with E-state index in [4.69, 9.17) is 27.9 Å². The van der Waals surface area contributed by atoms with Crippen LogP contribution < -0.4 is 0 Å². The molecule has 1 aliphatic rings. The first kappa shape index (κ1) is 28.0. The topological polar surface area (TPSA) is 83.9 Å². The Bertz CT molecular complexity index is 1130. The molecule has 1 amide bonds. The molecule has 0 bridgehead atoms. The van der Waals surface area contributed by atoms with E-state index in [2.05, 4.69) is 0 Å². The van der Waals surface area contributed by atoms with Gasteiger partial charge in [0.25, 0.3) is 0 Å². The van der Waals surface area contributed by atoms with Crippen LogP contribution in [0.15, 0.2) is 48.5 Å². The van der Waals surface area contributed by atoms with Gasteiger partial charge >= 0.3 is 11.9 Å². The van der Waals surface area contributed by atoms with Gasteiger partial charge in [0, 0.05) is 22.0 Å². The molecule has 0 radical (unpaired) electrons. The zero-order valence-corrected chi connectivity index (χ0v) is 22.8. The van der Waals surface area contributed by atoms with Crippen LogP contribution in [0.3, 0.4) is 0 Å². The number of carbonyl (C=O) groups is 3. The molecule has 6 nitrogen and oxygen atoms in total. The Morgan fingerprint density at radius 2 is 1.75 bits per heavy atom. The summed E-state index contributed by atoms with van der Waals surface area (Å²) in [6, 6.07) is 13.6. The fourth-order valence-electron chi connectivity index (χ4n) is 5.09. The van der Waals surface area contributed by atoms with E-state index in [1.807, 2.05) is 30.3 Å². The first-order valence-corrected chi connectivity index (χ1v) is 12.7. The molecule has 2 aromatic rings. The van der Waals surface area contributed by atoms with Gasteiger partial charge in [0.2, 0.25) is 5.91 Å². The summed E-state index contributed by atoms with van der Waals surface area (Å²) in [6.45, 7) is 8.85. The van der Waals surface area contributed by atoms with Crippen LogP contribution in [0.25, 0.3) is 0 Å². The van der Waals surface area contributed by atoms with Crippen molar-refractivity contribution in [1.29, 1.82) is 0 Å². The Hall–Kier alpha value is -2.57. The van der Waals surface area contributed by atoms with Crippen LogP contribution in [-0.4, -0.2) is 39.5 Å². The fraction of sp³-hybridized carbons (Fsp3) is 0.464. The highest BCUT2D eigenvalue weighted by atomic mass is 35.5. The fourth-order valence-corrected chi connectivity index (χ4v) is 5.41. The molecule has 1 aliphatic heterocycles. The SMILES string of the molecule is CC(CC(=O)OC(C)(C)C)N1C(=O)C(C)(CC(=O)O)CC(c2cccc(Cl)c2)C1c1ccc(Cl)cc1. The maximum atomic E-state index is 14.0. The number of carbonyl (C=O) groups excluding carboxylic acids is 2. The Morgan fingerprint density at radius 1 is 1.11 bits per heavy atom. The number of hydrogen-bond donors (Lipinski definition) is 1. The van der Waals surface area contributed by atoms with Crippen LogP contribution in [-0.2, 0) is 19.1 Å². The number of hydrogen-bond acceptors (Lipinski definition) is 4. The van der Waals surface area contributed by atoms with Crippen molar-refractivity contribution in [3.8, 4) is 0 Å². The third-order valence-electron chi connectivity index (χ3n) is 6.49. The van der Waals surface area contributed by atoms with Gasteiger partial charge in [0.15, 0.2) is 0 Å². The zero-order valence-electron chi connectivity index (χ0n) is 21.3. The second kappa shape index (κ2) is 10.8. The molecule has 0 spiro atoms. The number of amides is 1. The molecule has 194 valence electrons. The minimum atomic E-state index is -1.18. The molecule has 1 heterocycles. The third kappa shape index (κ3) is 6.60. The quantitative estimate of drug-likeness (QED) is 0.402. The highest BCUT2D eigenvalue weighted by molar-refractivity contribution is 6.30. The second-order valence-electron chi connectivity index (χ2n) is 10.8. The standard InChI is InChI=1S/C28H33Cl2NO5/c1-17(13-24(34)36-27(2,3)4)31-25(18-9-11-20(29)12-10-18)22(19-7-6-8-21(30)14-19)15-28(5,26(31)35)16-23(32)33/h6-12,14,17,22,25H,13,15-16H2,1-5H3,(H,32,33). The molecular formula is C28H33Cl2NO5. The molecule has 0 aliphatic carbocycles. The van der Waals surface area contributed by atoms with Gasteiger partial charge in [-0.25, -0.2) is 0 Å². The highest BCUT2D eigenvalue weighted by Crippen LogP contribution is 2.52. The molecule has 4 atom stereocenters. The number of nitrogens with zero attached hydrogens (tertiary/aromatic N) is 1. The van der Waals surface area contributed by atoms with E-state index in [1.165, 1.54) is 0 Å². The summed E-state index contributed by atoms with van der Waals surface area (Å²) >= 11 is 12.5. The predicted molar refractivity (Wildman–Crippen MR) is 140 cm³/mol. The molecule has 2 aromatic carbocycles. The minimum absolute atomic E-state index is 0.0292. The van der Waals surface area contributed by atoms with Crippen molar-refractivity contribution in [1.82, 2.24) is 4.90 Å². The summed E-state index contributed by atoms with van der Waals surface area (Å²) in [4.78, 5) is 40.3. The number of aliphatic carboxylic acids is 1. The van der Waals surface area contributed by atoms with Crippen molar-refractivity contribution in [2.75, 3.05) is 0 Å². The van der Waals surface area contributed by atoms with Crippen molar-refractivity contribution >= 4 is 41.0 Å². The van der Waals surface area contributed by atoms with E-state index in [9.17, 15) is 19.5 Å². The Balaban J connectivity index is 2.15. The smallest absolute Gasteiger partial charge is 0.308 e. The van der Waals surface area contributed by atoms with Crippen LogP contribution in [0.5, 0.6) is 0 Å². The number of rotatable bonds is 7. The molecule has 4 unspecified atom stereocenters. The van der Waals surface area contributed by atoms with Crippen LogP contribution >= 0.6 is 23.2 Å². The lowest BCUT2D eigenvalue weighted by molar-refractivity contribution is -0.164. The number of piperidine rings is 1. The first-order valence-electron chi connectivity index (χ1n) is 12.0. The molecule has 0 aromatic heterocycles. The average molecular weight is 534 g/mol. The van der Waals surface area contributed by atoms with Crippen molar-refractivity contribution < 1.29 is 24.2 Å². The zero-order chi connectivity index (χ0) is 26.8. The molecule has 3 rings (SSSR count). The summed E-state index contributed by atoms with van der Waals surface area (Å²) < 4.78 is 5.53. The van der Waals surface area contributed by atoms with Crippen molar-refractivity contribution in [3.63, 3.8) is 0 Å². The maximum Gasteiger partial charge on any atom is 0.308 e. The van der Waals surface area contributed by atoms with E-state index >= 15 is 0 Å². The number of benzene rings is 2. The number of esters is 1. The van der Waals surface area contributed by atoms with Crippen LogP contribution in [0.1, 0.15) is 77.0 Å². The first-order chi connectivity index (χ1) is 16.7. The van der Waals surface area contributed by atoms with E-state index in [0.717, 1.165) is 11.1 Å². The minimum Gasteiger partial charge on any atom is -0.481 e. The Morgan fingerprint density at radius 3 is 2.31 bits per heavy atom. The second-order valence-corrected chi connectivity index (χ2v) is 11.7. The normalized spacial score (nSPS) is 23.3. The summed E-state index contributed by atoms with van der Waals surface area (Å²) in [5.74, 6) is -2.06. The molecule has 36 heavy (non-hydrogen) atoms. The largest absolute Gasteiger partial charge is 0.481 e. The molecule has 0 saturated carbocycles. The lowest BCUT2D eigenvalue weighted by Crippen LogP contribution is -2.56. The van der Waals surface area contributed by atoms with E-state index in [0.29, 0.717) is 16.5 Å². The number of halogens is 2. The van der Waals surface area contributed by atoms with Crippen molar-refractivity contribution in [3.05, 3.63) is 69.7 Å². The van der Waals surface area contributed by atoms with E-state index in [1.54, 1.807) is 57.7 Å². The molecular weight excluding hydrogens is 501 g/mol. The van der Waals surface area contributed by atoms with Gasteiger partial charge in [-0.3, -0.25) is 14.4 Å². The summed E-state index contributed by atoms with van der Waals surface area (Å²) in [5.41, 5.74) is -0.115. The maximum absolute atomic E-state index is 14.0. The predicted octanol–water partition coefficient (Wildman–Crippen LogP) is 6.65. The lowest BCUT2D eigenvalue weighted by Gasteiger charge is -2.51. The summed E-state index contributed by atoms with van der Waals surface area (Å²) in [7, 11) is 0.